The maximum absolute atomic E-state index is 14.5. The molecule has 13 heteroatoms. The van der Waals surface area contributed by atoms with Crippen LogP contribution in [-0.2, 0) is 54.5 Å². The minimum atomic E-state index is -1.02. The molecule has 8 N–H and O–H groups in total. The number of hydrogen-bond acceptors (Lipinski definition) is 7. The zero-order valence-electron chi connectivity index (χ0n) is 36.4. The molecule has 4 amide bonds. The third-order valence-electron chi connectivity index (χ3n) is 12.0. The minimum absolute atomic E-state index is 0.0355. The zero-order valence-corrected chi connectivity index (χ0v) is 36.4. The number of nitrogens with two attached hydrogens (primary N) is 2. The Morgan fingerprint density at radius 3 is 1.75 bits per heavy atom. The van der Waals surface area contributed by atoms with Gasteiger partial charge in [0, 0.05) is 72.8 Å². The summed E-state index contributed by atoms with van der Waals surface area (Å²) in [7, 11) is 1.43. The Hall–Kier alpha value is -6.86. The van der Waals surface area contributed by atoms with Crippen molar-refractivity contribution < 1.29 is 28.8 Å². The highest BCUT2D eigenvalue weighted by Crippen LogP contribution is 2.26. The number of aromatic nitrogens is 2. The van der Waals surface area contributed by atoms with E-state index in [9.17, 15) is 28.8 Å². The topological polar surface area (TPSA) is 213 Å². The van der Waals surface area contributed by atoms with Gasteiger partial charge in [0.15, 0.2) is 5.78 Å². The smallest absolute Gasteiger partial charge is 0.242 e. The van der Waals surface area contributed by atoms with Crippen molar-refractivity contribution in [1.82, 2.24) is 25.7 Å². The maximum Gasteiger partial charge on any atom is 0.242 e. The van der Waals surface area contributed by atoms with Gasteiger partial charge in [0.2, 0.25) is 23.6 Å². The number of hydrogen-bond donors (Lipinski definition) is 6. The number of unbranched alkanes of at least 4 members (excludes halogenated alkanes) is 1. The normalized spacial score (nSPS) is 13.2. The lowest BCUT2D eigenvalue weighted by molar-refractivity contribution is -0.144. The Morgan fingerprint density at radius 1 is 0.625 bits per heavy atom. The van der Waals surface area contributed by atoms with Crippen LogP contribution in [0.25, 0.3) is 21.8 Å². The molecule has 0 bridgehead atoms. The number of ketones is 2. The van der Waals surface area contributed by atoms with Gasteiger partial charge in [-0.1, -0.05) is 103 Å². The number of H-pyrrole nitrogens is 2. The average molecular weight is 866 g/mol. The number of nitrogens with zero attached hydrogens (tertiary/aromatic N) is 1. The Morgan fingerprint density at radius 2 is 1.17 bits per heavy atom. The summed E-state index contributed by atoms with van der Waals surface area (Å²) in [5, 5.41) is 5.86. The first-order valence-electron chi connectivity index (χ1n) is 22.1. The Bertz CT molecular complexity index is 2520. The number of carbonyl (C=O) groups excluding carboxylic acids is 6. The predicted octanol–water partition coefficient (Wildman–Crippen LogP) is 6.06. The van der Waals surface area contributed by atoms with Crippen LogP contribution in [0.3, 0.4) is 0 Å². The Kier molecular flexibility index (Phi) is 16.8. The van der Waals surface area contributed by atoms with Crippen LogP contribution in [0.15, 0.2) is 122 Å². The summed E-state index contributed by atoms with van der Waals surface area (Å²) < 4.78 is 0. The van der Waals surface area contributed by atoms with E-state index in [1.165, 1.54) is 7.05 Å². The number of aryl methyl sites for hydroxylation is 1. The van der Waals surface area contributed by atoms with E-state index in [-0.39, 0.29) is 56.5 Å². The highest BCUT2D eigenvalue weighted by molar-refractivity contribution is 5.95. The molecule has 2 aromatic heterocycles. The monoisotopic (exact) mass is 865 g/mol. The van der Waals surface area contributed by atoms with E-state index in [1.807, 2.05) is 115 Å². The van der Waals surface area contributed by atoms with Crippen LogP contribution in [0.1, 0.15) is 67.2 Å². The van der Waals surface area contributed by atoms with Gasteiger partial charge in [-0.25, -0.2) is 0 Å². The zero-order chi connectivity index (χ0) is 45.4. The number of fused-ring (bicyclic) bond motifs is 2. The Labute approximate surface area is 373 Å². The van der Waals surface area contributed by atoms with E-state index in [0.717, 1.165) is 49.1 Å². The highest BCUT2D eigenvalue weighted by atomic mass is 16.2. The Balaban J connectivity index is 1.21. The lowest BCUT2D eigenvalue weighted by Gasteiger charge is -2.26. The summed E-state index contributed by atoms with van der Waals surface area (Å²) in [5.74, 6) is -5.11. The minimum Gasteiger partial charge on any atom is -0.369 e. The van der Waals surface area contributed by atoms with Gasteiger partial charge >= 0.3 is 0 Å². The molecule has 0 saturated carbocycles. The molecule has 6 aromatic rings. The average Bonchev–Trinajstić information content (AvgIpc) is 3.91. The van der Waals surface area contributed by atoms with Gasteiger partial charge in [-0.05, 0) is 79.5 Å². The molecule has 0 spiro atoms. The van der Waals surface area contributed by atoms with Gasteiger partial charge in [0.1, 0.15) is 5.78 Å². The molecular formula is C51H59N7O6. The molecule has 0 aliphatic heterocycles. The predicted molar refractivity (Wildman–Crippen MR) is 248 cm³/mol. The number of para-hydroxylation sites is 2. The molecule has 334 valence electrons. The van der Waals surface area contributed by atoms with Crippen LogP contribution in [-0.4, -0.2) is 69.8 Å². The molecule has 4 atom stereocenters. The fraction of sp³-hybridized carbons (Fsp3) is 0.333. The van der Waals surface area contributed by atoms with Gasteiger partial charge in [0.05, 0.1) is 17.9 Å². The van der Waals surface area contributed by atoms with E-state index < -0.39 is 47.4 Å². The van der Waals surface area contributed by atoms with Crippen molar-refractivity contribution >= 4 is 57.0 Å². The maximum atomic E-state index is 14.5. The second-order valence-corrected chi connectivity index (χ2v) is 16.7. The van der Waals surface area contributed by atoms with Crippen LogP contribution >= 0.6 is 0 Å². The summed E-state index contributed by atoms with van der Waals surface area (Å²) in [4.78, 5) is 89.2. The van der Waals surface area contributed by atoms with Crippen molar-refractivity contribution in [1.29, 1.82) is 0 Å². The van der Waals surface area contributed by atoms with E-state index in [1.54, 1.807) is 6.20 Å². The number of carbonyl (C=O) groups is 6. The highest BCUT2D eigenvalue weighted by Gasteiger charge is 2.32. The summed E-state index contributed by atoms with van der Waals surface area (Å²) in [6, 6.07) is 33.3. The largest absolute Gasteiger partial charge is 0.369 e. The first-order valence-corrected chi connectivity index (χ1v) is 22.1. The van der Waals surface area contributed by atoms with Crippen LogP contribution in [0.4, 0.5) is 0 Å². The summed E-state index contributed by atoms with van der Waals surface area (Å²) in [5.41, 5.74) is 19.4. The molecule has 2 heterocycles. The molecule has 0 radical (unpaired) electrons. The van der Waals surface area contributed by atoms with Gasteiger partial charge in [-0.2, -0.15) is 0 Å². The number of nitrogens with one attached hydrogen (secondary N) is 4. The second-order valence-electron chi connectivity index (χ2n) is 16.7. The third-order valence-corrected chi connectivity index (χ3v) is 12.0. The summed E-state index contributed by atoms with van der Waals surface area (Å²) >= 11 is 0. The molecule has 0 fully saturated rings. The lowest BCUT2D eigenvalue weighted by atomic mass is 9.89. The molecule has 4 aromatic carbocycles. The van der Waals surface area contributed by atoms with E-state index in [0.29, 0.717) is 32.2 Å². The fourth-order valence-corrected chi connectivity index (χ4v) is 8.27. The molecule has 6 rings (SSSR count). The van der Waals surface area contributed by atoms with Crippen molar-refractivity contribution in [3.05, 3.63) is 144 Å². The van der Waals surface area contributed by atoms with Crippen molar-refractivity contribution in [3.63, 3.8) is 0 Å². The molecular weight excluding hydrogens is 807 g/mol. The lowest BCUT2D eigenvalue weighted by Crippen LogP contribution is -2.49. The molecule has 0 aliphatic carbocycles. The number of primary amides is 1. The number of aromatic amines is 2. The third kappa shape index (κ3) is 13.1. The summed E-state index contributed by atoms with van der Waals surface area (Å²) in [6.07, 6.45) is 6.17. The number of rotatable bonds is 24. The number of Topliss-reactive ketones (excluding diaryl/α,β-unsaturated/α-hetero) is 2. The number of benzene rings is 4. The van der Waals surface area contributed by atoms with Crippen LogP contribution in [0, 0.1) is 17.8 Å². The SMILES string of the molecule is CN(NC(=O)[C@H](CC(=O)CCc1ccccc1)Cc1c[nH]c2ccccc12)C(=O)C[C@@H](Cc1c[nH]c2ccccc12)C(=O)N[C@H](Cc1ccccc1)C(=O)C[C@@H](CCCCN)C(N)=O. The molecule has 0 aliphatic rings. The molecule has 0 unspecified atom stereocenters. The van der Waals surface area contributed by atoms with Gasteiger partial charge in [-0.3, -0.25) is 39.2 Å². The number of hydrazine groups is 1. The van der Waals surface area contributed by atoms with E-state index in [2.05, 4.69) is 20.7 Å². The van der Waals surface area contributed by atoms with E-state index in [4.69, 9.17) is 11.5 Å². The van der Waals surface area contributed by atoms with Gasteiger partial charge < -0.3 is 26.8 Å². The van der Waals surface area contributed by atoms with Crippen molar-refractivity contribution in [2.45, 2.75) is 76.7 Å². The van der Waals surface area contributed by atoms with Crippen LogP contribution in [0.2, 0.25) is 0 Å². The van der Waals surface area contributed by atoms with Gasteiger partial charge in [-0.15, -0.1) is 0 Å². The first kappa shape index (κ1) is 46.6. The summed E-state index contributed by atoms with van der Waals surface area (Å²) in [6.45, 7) is 0.446. The van der Waals surface area contributed by atoms with Crippen molar-refractivity contribution in [2.24, 2.45) is 29.2 Å². The molecule has 64 heavy (non-hydrogen) atoms. The van der Waals surface area contributed by atoms with Gasteiger partial charge in [0.25, 0.3) is 0 Å². The van der Waals surface area contributed by atoms with E-state index >= 15 is 0 Å². The van der Waals surface area contributed by atoms with Crippen LogP contribution in [0.5, 0.6) is 0 Å². The molecule has 13 nitrogen and oxygen atoms in total. The molecule has 0 saturated heterocycles. The van der Waals surface area contributed by atoms with Crippen molar-refractivity contribution in [2.75, 3.05) is 13.6 Å². The number of amides is 4. The quantitative estimate of drug-likeness (QED) is 0.0313. The first-order chi connectivity index (χ1) is 31.0. The van der Waals surface area contributed by atoms with Crippen LogP contribution < -0.4 is 22.2 Å². The second kappa shape index (κ2) is 23.0. The standard InChI is InChI=1S/C51H59N7O6/c1-58(57-51(64)37(27-39-32-54-44-21-10-8-19-42(39)44)29-41(59)24-23-34-14-4-2-5-15-34)48(61)31-38(28-40-33-55-45-22-11-9-20-43(40)45)50(63)56-46(26-35-16-6-3-7-17-35)47(60)30-36(49(53)62)18-12-13-25-52/h2-11,14-17,19-22,32-33,36-38,46,54-55H,12-13,18,23-31,52H2,1H3,(H2,53,62)(H,56,63)(H,57,64)/t36-,37+,38-,46-/m1/s1. The van der Waals surface area contributed by atoms with Crippen molar-refractivity contribution in [3.8, 4) is 0 Å². The fourth-order valence-electron chi connectivity index (χ4n) is 8.27.